The molecule has 0 unspecified atom stereocenters. The van der Waals surface area contributed by atoms with Gasteiger partial charge in [-0.05, 0) is 30.5 Å². The van der Waals surface area contributed by atoms with E-state index >= 15 is 0 Å². The summed E-state index contributed by atoms with van der Waals surface area (Å²) in [4.78, 5) is 32.6. The highest BCUT2D eigenvalue weighted by Gasteiger charge is 2.18. The highest BCUT2D eigenvalue weighted by molar-refractivity contribution is 7.98. The number of aromatic nitrogens is 3. The van der Waals surface area contributed by atoms with Crippen molar-refractivity contribution in [2.24, 2.45) is 0 Å². The van der Waals surface area contributed by atoms with Crippen LogP contribution in [0.5, 0.6) is 0 Å². The fourth-order valence-electron chi connectivity index (χ4n) is 2.21. The minimum absolute atomic E-state index is 0.321. The molecule has 2 N–H and O–H groups in total. The predicted octanol–water partition coefficient (Wildman–Crippen LogP) is 2.06. The van der Waals surface area contributed by atoms with Crippen molar-refractivity contribution in [3.05, 3.63) is 72.3 Å². The van der Waals surface area contributed by atoms with Crippen LogP contribution in [0.1, 0.15) is 20.8 Å². The Bertz CT molecular complexity index is 881. The van der Waals surface area contributed by atoms with Crippen LogP contribution in [0.25, 0.3) is 5.69 Å². The smallest absolute Gasteiger partial charge is 0.283 e. The molecule has 0 aliphatic heterocycles. The van der Waals surface area contributed by atoms with Crippen LogP contribution in [0.15, 0.2) is 66.2 Å². The number of imidazole rings is 1. The maximum absolute atomic E-state index is 12.5. The Labute approximate surface area is 148 Å². The summed E-state index contributed by atoms with van der Waals surface area (Å²) >= 11 is 1.43. The van der Waals surface area contributed by atoms with Gasteiger partial charge in [0.25, 0.3) is 11.8 Å². The molecule has 3 rings (SSSR count). The van der Waals surface area contributed by atoms with Crippen molar-refractivity contribution in [3.63, 3.8) is 0 Å². The zero-order valence-electron chi connectivity index (χ0n) is 13.3. The molecule has 0 saturated heterocycles. The number of pyridine rings is 1. The van der Waals surface area contributed by atoms with Crippen molar-refractivity contribution in [2.75, 3.05) is 6.26 Å². The number of hydrogen-bond donors (Lipinski definition) is 2. The van der Waals surface area contributed by atoms with E-state index in [1.165, 1.54) is 24.2 Å². The third-order valence-electron chi connectivity index (χ3n) is 3.37. The molecular formula is C17H15N5O2S. The molecule has 0 aliphatic rings. The molecule has 8 heteroatoms. The summed E-state index contributed by atoms with van der Waals surface area (Å²) in [5, 5.41) is 0.676. The van der Waals surface area contributed by atoms with Crippen LogP contribution in [0.2, 0.25) is 0 Å². The predicted molar refractivity (Wildman–Crippen MR) is 94.5 cm³/mol. The first-order chi connectivity index (χ1) is 12.2. The summed E-state index contributed by atoms with van der Waals surface area (Å²) in [6.45, 7) is 0. The number of carbonyl (C=O) groups excluding carboxylic acids is 2. The van der Waals surface area contributed by atoms with Gasteiger partial charge in [-0.3, -0.25) is 30.0 Å². The minimum Gasteiger partial charge on any atom is -0.283 e. The minimum atomic E-state index is -0.464. The number of hydrazine groups is 1. The molecule has 2 heterocycles. The van der Waals surface area contributed by atoms with Crippen molar-refractivity contribution >= 4 is 23.6 Å². The van der Waals surface area contributed by atoms with Gasteiger partial charge in [0.1, 0.15) is 5.69 Å². The highest BCUT2D eigenvalue weighted by atomic mass is 32.2. The van der Waals surface area contributed by atoms with Crippen LogP contribution in [-0.4, -0.2) is 32.6 Å². The van der Waals surface area contributed by atoms with Gasteiger partial charge in [0, 0.05) is 18.1 Å². The number of thioether (sulfide) groups is 1. The van der Waals surface area contributed by atoms with Gasteiger partial charge >= 0.3 is 0 Å². The number of nitrogens with one attached hydrogen (secondary N) is 2. The summed E-state index contributed by atoms with van der Waals surface area (Å²) in [6.07, 6.45) is 6.34. The average Bonchev–Trinajstić information content (AvgIpc) is 3.11. The van der Waals surface area contributed by atoms with E-state index < -0.39 is 11.8 Å². The maximum Gasteiger partial charge on any atom is 0.288 e. The second-order valence-corrected chi connectivity index (χ2v) is 5.72. The molecular weight excluding hydrogens is 338 g/mol. The third kappa shape index (κ3) is 3.69. The molecule has 0 bridgehead atoms. The second-order valence-electron chi connectivity index (χ2n) is 4.95. The van der Waals surface area contributed by atoms with E-state index in [4.69, 9.17) is 0 Å². The Balaban J connectivity index is 1.79. The van der Waals surface area contributed by atoms with Crippen molar-refractivity contribution in [3.8, 4) is 5.69 Å². The van der Waals surface area contributed by atoms with Crippen molar-refractivity contribution in [1.82, 2.24) is 25.4 Å². The summed E-state index contributed by atoms with van der Waals surface area (Å²) in [5.41, 5.74) is 6.27. The van der Waals surface area contributed by atoms with Crippen molar-refractivity contribution in [2.45, 2.75) is 5.16 Å². The lowest BCUT2D eigenvalue weighted by Gasteiger charge is -2.11. The largest absolute Gasteiger partial charge is 0.288 e. The van der Waals surface area contributed by atoms with Crippen LogP contribution in [0, 0.1) is 0 Å². The van der Waals surface area contributed by atoms with E-state index in [0.717, 1.165) is 5.69 Å². The standard InChI is InChI=1S/C17H15N5O2S/c1-25-17-19-11-14(22(17)13-7-3-2-4-8-13)16(24)21-20-15(23)12-6-5-9-18-10-12/h2-11H,1H3,(H,20,23)(H,21,24). The number of amides is 2. The Morgan fingerprint density at radius 3 is 2.44 bits per heavy atom. The van der Waals surface area contributed by atoms with Gasteiger partial charge < -0.3 is 0 Å². The lowest BCUT2D eigenvalue weighted by Crippen LogP contribution is -2.42. The summed E-state index contributed by atoms with van der Waals surface area (Å²) < 4.78 is 1.73. The van der Waals surface area contributed by atoms with Gasteiger partial charge in [-0.2, -0.15) is 0 Å². The molecule has 0 saturated carbocycles. The molecule has 0 atom stereocenters. The second kappa shape index (κ2) is 7.63. The quantitative estimate of drug-likeness (QED) is 0.554. The normalized spacial score (nSPS) is 10.3. The van der Waals surface area contributed by atoms with Crippen LogP contribution in [0.4, 0.5) is 0 Å². The van der Waals surface area contributed by atoms with E-state index in [1.807, 2.05) is 36.6 Å². The van der Waals surface area contributed by atoms with Gasteiger partial charge in [-0.25, -0.2) is 4.98 Å². The number of nitrogens with zero attached hydrogens (tertiary/aromatic N) is 3. The van der Waals surface area contributed by atoms with Gasteiger partial charge in [-0.15, -0.1) is 0 Å². The molecule has 3 aromatic rings. The molecule has 0 radical (unpaired) electrons. The maximum atomic E-state index is 12.5. The number of benzene rings is 1. The lowest BCUT2D eigenvalue weighted by atomic mass is 10.3. The molecule has 126 valence electrons. The Hall–Kier alpha value is -3.13. The van der Waals surface area contributed by atoms with Crippen LogP contribution in [-0.2, 0) is 0 Å². The number of para-hydroxylation sites is 1. The van der Waals surface area contributed by atoms with Crippen molar-refractivity contribution in [1.29, 1.82) is 0 Å². The van der Waals surface area contributed by atoms with Crippen LogP contribution >= 0.6 is 11.8 Å². The molecule has 25 heavy (non-hydrogen) atoms. The first kappa shape index (κ1) is 16.7. The molecule has 0 fully saturated rings. The number of hydrogen-bond acceptors (Lipinski definition) is 5. The fourth-order valence-corrected chi connectivity index (χ4v) is 2.76. The van der Waals surface area contributed by atoms with Crippen LogP contribution in [0.3, 0.4) is 0 Å². The molecule has 2 aromatic heterocycles. The molecule has 2 amide bonds. The number of rotatable bonds is 4. The average molecular weight is 353 g/mol. The van der Waals surface area contributed by atoms with Gasteiger partial charge in [0.15, 0.2) is 5.16 Å². The zero-order valence-corrected chi connectivity index (χ0v) is 14.2. The Morgan fingerprint density at radius 1 is 1.00 bits per heavy atom. The first-order valence-corrected chi connectivity index (χ1v) is 8.61. The molecule has 0 aliphatic carbocycles. The Morgan fingerprint density at radius 2 is 1.76 bits per heavy atom. The van der Waals surface area contributed by atoms with Gasteiger partial charge in [-0.1, -0.05) is 30.0 Å². The topological polar surface area (TPSA) is 88.9 Å². The summed E-state index contributed by atoms with van der Waals surface area (Å²) in [6, 6.07) is 12.7. The summed E-state index contributed by atoms with van der Waals surface area (Å²) in [7, 11) is 0. The third-order valence-corrected chi connectivity index (χ3v) is 4.03. The van der Waals surface area contributed by atoms with Crippen molar-refractivity contribution < 1.29 is 9.59 Å². The fraction of sp³-hybridized carbons (Fsp3) is 0.0588. The van der Waals surface area contributed by atoms with Gasteiger partial charge in [0.2, 0.25) is 0 Å². The first-order valence-electron chi connectivity index (χ1n) is 7.38. The zero-order chi connectivity index (χ0) is 17.6. The highest BCUT2D eigenvalue weighted by Crippen LogP contribution is 2.21. The summed E-state index contributed by atoms with van der Waals surface area (Å²) in [5.74, 6) is -0.911. The van der Waals surface area contributed by atoms with Crippen LogP contribution < -0.4 is 10.9 Å². The number of carbonyl (C=O) groups is 2. The van der Waals surface area contributed by atoms with E-state index in [9.17, 15) is 9.59 Å². The molecule has 1 aromatic carbocycles. The van der Waals surface area contributed by atoms with E-state index in [2.05, 4.69) is 20.8 Å². The lowest BCUT2D eigenvalue weighted by molar-refractivity contribution is 0.0842. The SMILES string of the molecule is CSc1ncc(C(=O)NNC(=O)c2cccnc2)n1-c1ccccc1. The molecule has 0 spiro atoms. The van der Waals surface area contributed by atoms with E-state index in [0.29, 0.717) is 16.4 Å². The molecule has 7 nitrogen and oxygen atoms in total. The van der Waals surface area contributed by atoms with E-state index in [1.54, 1.807) is 22.9 Å². The Kier molecular flexibility index (Phi) is 5.10. The van der Waals surface area contributed by atoms with E-state index in [-0.39, 0.29) is 0 Å². The monoisotopic (exact) mass is 353 g/mol. The van der Waals surface area contributed by atoms with Gasteiger partial charge in [0.05, 0.1) is 11.8 Å².